The van der Waals surface area contributed by atoms with Gasteiger partial charge in [-0.15, -0.1) is 0 Å². The number of hydrogen-bond acceptors (Lipinski definition) is 3. The summed E-state index contributed by atoms with van der Waals surface area (Å²) in [6, 6.07) is 3.58. The molecule has 82 valence electrons. The molecule has 0 saturated carbocycles. The molecule has 0 bridgehead atoms. The van der Waals surface area contributed by atoms with Gasteiger partial charge in [0.2, 0.25) is 0 Å². The Bertz CT molecular complexity index is 380. The van der Waals surface area contributed by atoms with Crippen molar-refractivity contribution in [2.75, 3.05) is 12.3 Å². The molecule has 3 nitrogen and oxygen atoms in total. The van der Waals surface area contributed by atoms with Crippen molar-refractivity contribution in [3.8, 4) is 0 Å². The number of carbonyl (C=O) groups is 1. The van der Waals surface area contributed by atoms with Crippen LogP contribution in [0.1, 0.15) is 12.5 Å². The zero-order chi connectivity index (χ0) is 11.4. The van der Waals surface area contributed by atoms with Crippen LogP contribution in [0.25, 0.3) is 0 Å². The van der Waals surface area contributed by atoms with Crippen LogP contribution in [0.3, 0.4) is 0 Å². The Labute approximate surface area is 105 Å². The van der Waals surface area contributed by atoms with Gasteiger partial charge >= 0.3 is 5.97 Å². The number of halogens is 2. The van der Waals surface area contributed by atoms with Crippen molar-refractivity contribution in [2.45, 2.75) is 13.3 Å². The Morgan fingerprint density at radius 3 is 2.73 bits per heavy atom. The van der Waals surface area contributed by atoms with Gasteiger partial charge in [0.25, 0.3) is 0 Å². The lowest BCUT2D eigenvalue weighted by atomic mass is 10.1. The summed E-state index contributed by atoms with van der Waals surface area (Å²) in [7, 11) is 0. The summed E-state index contributed by atoms with van der Waals surface area (Å²) in [6.45, 7) is 2.16. The second kappa shape index (κ2) is 5.51. The molecule has 1 rings (SSSR count). The maximum absolute atomic E-state index is 11.3. The number of ether oxygens (including phenoxy) is 1. The monoisotopic (exact) mass is 335 g/mol. The summed E-state index contributed by atoms with van der Waals surface area (Å²) >= 11 is 6.72. The number of hydrogen-bond donors (Lipinski definition) is 1. The lowest BCUT2D eigenvalue weighted by Crippen LogP contribution is -2.09. The summed E-state index contributed by atoms with van der Waals surface area (Å²) in [5.74, 6) is -0.260. The highest BCUT2D eigenvalue weighted by molar-refractivity contribution is 9.11. The van der Waals surface area contributed by atoms with Crippen LogP contribution in [0.2, 0.25) is 0 Å². The molecule has 0 aliphatic rings. The molecular weight excluding hydrogens is 326 g/mol. The van der Waals surface area contributed by atoms with E-state index in [1.54, 1.807) is 13.0 Å². The molecular formula is C10H11Br2NO2. The number of nitrogens with two attached hydrogens (primary N) is 1. The second-order valence-corrected chi connectivity index (χ2v) is 4.56. The highest BCUT2D eigenvalue weighted by atomic mass is 79.9. The van der Waals surface area contributed by atoms with E-state index in [0.717, 1.165) is 14.5 Å². The molecule has 0 aromatic heterocycles. The van der Waals surface area contributed by atoms with Crippen LogP contribution >= 0.6 is 31.9 Å². The average Bonchev–Trinajstić information content (AvgIpc) is 2.19. The molecule has 0 saturated heterocycles. The number of esters is 1. The van der Waals surface area contributed by atoms with Crippen LogP contribution < -0.4 is 5.73 Å². The third-order valence-electron chi connectivity index (χ3n) is 1.84. The van der Waals surface area contributed by atoms with E-state index < -0.39 is 0 Å². The van der Waals surface area contributed by atoms with Gasteiger partial charge in [-0.2, -0.15) is 0 Å². The van der Waals surface area contributed by atoms with E-state index in [0.29, 0.717) is 12.3 Å². The normalized spacial score (nSPS) is 10.1. The molecule has 1 aromatic rings. The van der Waals surface area contributed by atoms with Crippen LogP contribution in [-0.4, -0.2) is 12.6 Å². The quantitative estimate of drug-likeness (QED) is 0.682. The first kappa shape index (κ1) is 12.5. The third-order valence-corrected chi connectivity index (χ3v) is 3.52. The molecule has 0 fully saturated rings. The van der Waals surface area contributed by atoms with E-state index in [2.05, 4.69) is 31.9 Å². The first-order valence-corrected chi connectivity index (χ1v) is 6.02. The lowest BCUT2D eigenvalue weighted by Gasteiger charge is -2.08. The fraction of sp³-hybridized carbons (Fsp3) is 0.300. The SMILES string of the molecule is CCOC(=O)Cc1c(Br)ccc(N)c1Br. The van der Waals surface area contributed by atoms with Crippen molar-refractivity contribution in [2.24, 2.45) is 0 Å². The Morgan fingerprint density at radius 2 is 2.13 bits per heavy atom. The Hall–Kier alpha value is -0.550. The molecule has 5 heteroatoms. The van der Waals surface area contributed by atoms with E-state index in [1.165, 1.54) is 0 Å². The van der Waals surface area contributed by atoms with Gasteiger partial charge in [-0.3, -0.25) is 4.79 Å². The number of benzene rings is 1. The minimum Gasteiger partial charge on any atom is -0.466 e. The van der Waals surface area contributed by atoms with Crippen LogP contribution in [0.15, 0.2) is 21.1 Å². The van der Waals surface area contributed by atoms with Crippen LogP contribution in [0.4, 0.5) is 5.69 Å². The number of rotatable bonds is 3. The van der Waals surface area contributed by atoms with Crippen LogP contribution in [0.5, 0.6) is 0 Å². The van der Waals surface area contributed by atoms with Crippen molar-refractivity contribution in [3.05, 3.63) is 26.6 Å². The fourth-order valence-corrected chi connectivity index (χ4v) is 2.36. The van der Waals surface area contributed by atoms with E-state index >= 15 is 0 Å². The van der Waals surface area contributed by atoms with Gasteiger partial charge in [-0.1, -0.05) is 15.9 Å². The molecule has 0 aliphatic heterocycles. The molecule has 0 unspecified atom stereocenters. The van der Waals surface area contributed by atoms with Gasteiger partial charge in [0, 0.05) is 14.6 Å². The average molecular weight is 337 g/mol. The van der Waals surface area contributed by atoms with Gasteiger partial charge < -0.3 is 10.5 Å². The molecule has 2 N–H and O–H groups in total. The molecule has 15 heavy (non-hydrogen) atoms. The summed E-state index contributed by atoms with van der Waals surface area (Å²) in [5, 5.41) is 0. The summed E-state index contributed by atoms with van der Waals surface area (Å²) in [5.41, 5.74) is 7.14. The zero-order valence-corrected chi connectivity index (χ0v) is 11.4. The van der Waals surface area contributed by atoms with E-state index in [1.807, 2.05) is 6.07 Å². The smallest absolute Gasteiger partial charge is 0.310 e. The summed E-state index contributed by atoms with van der Waals surface area (Å²) < 4.78 is 6.46. The predicted octanol–water partition coefficient (Wildman–Crippen LogP) is 2.90. The minimum absolute atomic E-state index is 0.208. The highest BCUT2D eigenvalue weighted by Crippen LogP contribution is 2.30. The van der Waals surface area contributed by atoms with Crippen LogP contribution in [0, 0.1) is 0 Å². The summed E-state index contributed by atoms with van der Waals surface area (Å²) in [6.07, 6.45) is 0.208. The maximum atomic E-state index is 11.3. The van der Waals surface area contributed by atoms with E-state index in [9.17, 15) is 4.79 Å². The van der Waals surface area contributed by atoms with E-state index in [-0.39, 0.29) is 12.4 Å². The Kier molecular flexibility index (Phi) is 4.60. The largest absolute Gasteiger partial charge is 0.466 e. The molecule has 0 radical (unpaired) electrons. The van der Waals surface area contributed by atoms with Gasteiger partial charge in [0.1, 0.15) is 0 Å². The Balaban J connectivity index is 2.93. The summed E-state index contributed by atoms with van der Waals surface area (Å²) in [4.78, 5) is 11.3. The molecule has 0 atom stereocenters. The first-order valence-electron chi connectivity index (χ1n) is 4.44. The number of nitrogen functional groups attached to an aromatic ring is 1. The molecule has 0 heterocycles. The highest BCUT2D eigenvalue weighted by Gasteiger charge is 2.12. The van der Waals surface area contributed by atoms with E-state index in [4.69, 9.17) is 10.5 Å². The Morgan fingerprint density at radius 1 is 1.47 bits per heavy atom. The van der Waals surface area contributed by atoms with Gasteiger partial charge in [-0.05, 0) is 40.5 Å². The standard InChI is InChI=1S/C10H11Br2NO2/c1-2-15-9(14)5-6-7(11)3-4-8(13)10(6)12/h3-4H,2,5,13H2,1H3. The lowest BCUT2D eigenvalue weighted by molar-refractivity contribution is -0.142. The van der Waals surface area contributed by atoms with Crippen LogP contribution in [-0.2, 0) is 16.0 Å². The first-order chi connectivity index (χ1) is 7.06. The molecule has 0 spiro atoms. The zero-order valence-electron chi connectivity index (χ0n) is 8.22. The van der Waals surface area contributed by atoms with Gasteiger partial charge in [-0.25, -0.2) is 0 Å². The maximum Gasteiger partial charge on any atom is 0.310 e. The van der Waals surface area contributed by atoms with Crippen molar-refractivity contribution in [1.82, 2.24) is 0 Å². The number of anilines is 1. The van der Waals surface area contributed by atoms with Crippen molar-refractivity contribution < 1.29 is 9.53 Å². The minimum atomic E-state index is -0.260. The topological polar surface area (TPSA) is 52.3 Å². The van der Waals surface area contributed by atoms with Crippen molar-refractivity contribution >= 4 is 43.5 Å². The second-order valence-electron chi connectivity index (χ2n) is 2.91. The molecule has 0 aliphatic carbocycles. The predicted molar refractivity (Wildman–Crippen MR) is 66.6 cm³/mol. The van der Waals surface area contributed by atoms with Crippen molar-refractivity contribution in [1.29, 1.82) is 0 Å². The number of carbonyl (C=O) groups excluding carboxylic acids is 1. The molecule has 0 amide bonds. The molecule has 1 aromatic carbocycles. The van der Waals surface area contributed by atoms with Gasteiger partial charge in [0.15, 0.2) is 0 Å². The van der Waals surface area contributed by atoms with Gasteiger partial charge in [0.05, 0.1) is 13.0 Å². The van der Waals surface area contributed by atoms with Crippen molar-refractivity contribution in [3.63, 3.8) is 0 Å². The fourth-order valence-electron chi connectivity index (χ4n) is 1.13. The third kappa shape index (κ3) is 3.21.